The first-order valence-electron chi connectivity index (χ1n) is 6.02. The molecule has 2 atom stereocenters. The number of carbonyl (C=O) groups excluding carboxylic acids is 1. The molecule has 0 radical (unpaired) electrons. The lowest BCUT2D eigenvalue weighted by Gasteiger charge is -2.17. The Morgan fingerprint density at radius 2 is 1.88 bits per heavy atom. The molecule has 0 saturated carbocycles. The fourth-order valence-electron chi connectivity index (χ4n) is 1.54. The van der Waals surface area contributed by atoms with Crippen molar-refractivity contribution >= 4 is 23.6 Å². The molecule has 5 heteroatoms. The summed E-state index contributed by atoms with van der Waals surface area (Å²) in [4.78, 5) is 22.5. The van der Waals surface area contributed by atoms with Crippen LogP contribution < -0.4 is 5.32 Å². The lowest BCUT2D eigenvalue weighted by Crippen LogP contribution is -2.35. The van der Waals surface area contributed by atoms with Crippen LogP contribution in [-0.4, -0.2) is 34.0 Å². The molecule has 0 spiro atoms. The SMILES string of the molecule is CCCC(C)NC(=O)CSC(C(=O)O)C(C)C. The number of rotatable bonds is 8. The van der Waals surface area contributed by atoms with E-state index in [0.29, 0.717) is 0 Å². The summed E-state index contributed by atoms with van der Waals surface area (Å²) in [5.41, 5.74) is 0. The van der Waals surface area contributed by atoms with Crippen LogP contribution in [0.1, 0.15) is 40.5 Å². The standard InChI is InChI=1S/C12H23NO3S/c1-5-6-9(4)13-10(14)7-17-11(8(2)3)12(15)16/h8-9,11H,5-7H2,1-4H3,(H,13,14)(H,15,16). The van der Waals surface area contributed by atoms with Gasteiger partial charge in [0, 0.05) is 6.04 Å². The van der Waals surface area contributed by atoms with Crippen LogP contribution in [0.25, 0.3) is 0 Å². The number of carbonyl (C=O) groups is 2. The molecule has 0 aliphatic rings. The number of amides is 1. The second-order valence-electron chi connectivity index (χ2n) is 4.57. The largest absolute Gasteiger partial charge is 0.480 e. The summed E-state index contributed by atoms with van der Waals surface area (Å²) < 4.78 is 0. The second-order valence-corrected chi connectivity index (χ2v) is 5.70. The third-order valence-electron chi connectivity index (χ3n) is 2.37. The van der Waals surface area contributed by atoms with E-state index in [1.165, 1.54) is 11.8 Å². The maximum Gasteiger partial charge on any atom is 0.316 e. The van der Waals surface area contributed by atoms with E-state index in [-0.39, 0.29) is 23.6 Å². The Kier molecular flexibility index (Phi) is 8.04. The summed E-state index contributed by atoms with van der Waals surface area (Å²) in [7, 11) is 0. The lowest BCUT2D eigenvalue weighted by molar-refractivity contribution is -0.137. The molecule has 0 fully saturated rings. The lowest BCUT2D eigenvalue weighted by atomic mass is 10.1. The highest BCUT2D eigenvalue weighted by molar-refractivity contribution is 8.01. The third-order valence-corrected chi connectivity index (χ3v) is 3.91. The molecule has 4 nitrogen and oxygen atoms in total. The summed E-state index contributed by atoms with van der Waals surface area (Å²) in [5, 5.41) is 11.3. The van der Waals surface area contributed by atoms with Gasteiger partial charge in [0.15, 0.2) is 0 Å². The molecule has 100 valence electrons. The quantitative estimate of drug-likeness (QED) is 0.702. The van der Waals surface area contributed by atoms with Gasteiger partial charge in [-0.2, -0.15) is 0 Å². The molecular weight excluding hydrogens is 238 g/mol. The minimum absolute atomic E-state index is 0.0263. The number of hydrogen-bond acceptors (Lipinski definition) is 3. The molecule has 17 heavy (non-hydrogen) atoms. The zero-order chi connectivity index (χ0) is 13.4. The van der Waals surface area contributed by atoms with Crippen molar-refractivity contribution < 1.29 is 14.7 Å². The molecule has 0 saturated heterocycles. The van der Waals surface area contributed by atoms with E-state index < -0.39 is 11.2 Å². The van der Waals surface area contributed by atoms with Crippen molar-refractivity contribution in [3.8, 4) is 0 Å². The van der Waals surface area contributed by atoms with E-state index in [2.05, 4.69) is 12.2 Å². The normalized spacial score (nSPS) is 14.4. The number of nitrogens with one attached hydrogen (secondary N) is 1. The van der Waals surface area contributed by atoms with Crippen LogP contribution in [-0.2, 0) is 9.59 Å². The van der Waals surface area contributed by atoms with Crippen LogP contribution in [0.15, 0.2) is 0 Å². The molecule has 0 aromatic carbocycles. The van der Waals surface area contributed by atoms with E-state index in [1.807, 2.05) is 20.8 Å². The predicted octanol–water partition coefficient (Wildman–Crippen LogP) is 2.13. The van der Waals surface area contributed by atoms with Crippen LogP contribution in [0, 0.1) is 5.92 Å². The highest BCUT2D eigenvalue weighted by atomic mass is 32.2. The minimum atomic E-state index is -0.848. The van der Waals surface area contributed by atoms with Crippen LogP contribution in [0.4, 0.5) is 0 Å². The molecule has 0 heterocycles. The molecule has 0 rings (SSSR count). The van der Waals surface area contributed by atoms with Gasteiger partial charge in [-0.05, 0) is 19.3 Å². The van der Waals surface area contributed by atoms with Gasteiger partial charge in [0.05, 0.1) is 5.75 Å². The summed E-state index contributed by atoms with van der Waals surface area (Å²) >= 11 is 1.19. The van der Waals surface area contributed by atoms with E-state index in [9.17, 15) is 9.59 Å². The highest BCUT2D eigenvalue weighted by Crippen LogP contribution is 2.19. The highest BCUT2D eigenvalue weighted by Gasteiger charge is 2.23. The number of aliphatic carboxylic acids is 1. The molecule has 0 aromatic heterocycles. The Bertz CT molecular complexity index is 256. The molecule has 0 aliphatic heterocycles. The van der Waals surface area contributed by atoms with Crippen molar-refractivity contribution in [2.24, 2.45) is 5.92 Å². The number of carboxylic acid groups (broad SMARTS) is 1. The number of hydrogen-bond donors (Lipinski definition) is 2. The first-order valence-corrected chi connectivity index (χ1v) is 7.07. The van der Waals surface area contributed by atoms with Crippen molar-refractivity contribution in [2.75, 3.05) is 5.75 Å². The first kappa shape index (κ1) is 16.3. The van der Waals surface area contributed by atoms with E-state index >= 15 is 0 Å². The predicted molar refractivity (Wildman–Crippen MR) is 71.2 cm³/mol. The minimum Gasteiger partial charge on any atom is -0.480 e. The van der Waals surface area contributed by atoms with Crippen LogP contribution in [0.3, 0.4) is 0 Å². The number of carboxylic acids is 1. The summed E-state index contributed by atoms with van der Waals surface area (Å²) in [6, 6.07) is 0.162. The molecule has 0 bridgehead atoms. The Labute approximate surface area is 108 Å². The summed E-state index contributed by atoms with van der Waals surface area (Å²) in [6.07, 6.45) is 1.97. The van der Waals surface area contributed by atoms with Gasteiger partial charge in [0.1, 0.15) is 5.25 Å². The van der Waals surface area contributed by atoms with Crippen LogP contribution in [0.2, 0.25) is 0 Å². The van der Waals surface area contributed by atoms with Gasteiger partial charge in [-0.15, -0.1) is 11.8 Å². The van der Waals surface area contributed by atoms with Gasteiger partial charge in [-0.25, -0.2) is 0 Å². The Morgan fingerprint density at radius 3 is 2.29 bits per heavy atom. The fraction of sp³-hybridized carbons (Fsp3) is 0.833. The second kappa shape index (κ2) is 8.39. The zero-order valence-corrected chi connectivity index (χ0v) is 11.8. The van der Waals surface area contributed by atoms with E-state index in [1.54, 1.807) is 0 Å². The molecule has 2 N–H and O–H groups in total. The van der Waals surface area contributed by atoms with Gasteiger partial charge in [0.2, 0.25) is 5.91 Å². The Morgan fingerprint density at radius 1 is 1.29 bits per heavy atom. The maximum absolute atomic E-state index is 11.6. The van der Waals surface area contributed by atoms with E-state index in [0.717, 1.165) is 12.8 Å². The smallest absolute Gasteiger partial charge is 0.316 e. The molecule has 0 aliphatic carbocycles. The number of thioether (sulfide) groups is 1. The average Bonchev–Trinajstić information content (AvgIpc) is 2.16. The first-order chi connectivity index (χ1) is 7.88. The summed E-state index contributed by atoms with van der Waals surface area (Å²) in [5.74, 6) is -0.691. The Hall–Kier alpha value is -0.710. The average molecular weight is 261 g/mol. The van der Waals surface area contributed by atoms with Crippen LogP contribution in [0.5, 0.6) is 0 Å². The summed E-state index contributed by atoms with van der Waals surface area (Å²) in [6.45, 7) is 7.73. The van der Waals surface area contributed by atoms with Gasteiger partial charge >= 0.3 is 5.97 Å². The fourth-order valence-corrected chi connectivity index (χ4v) is 2.48. The monoisotopic (exact) mass is 261 g/mol. The van der Waals surface area contributed by atoms with Crippen molar-refractivity contribution in [3.63, 3.8) is 0 Å². The van der Waals surface area contributed by atoms with Crippen molar-refractivity contribution in [1.29, 1.82) is 0 Å². The van der Waals surface area contributed by atoms with Gasteiger partial charge in [-0.1, -0.05) is 27.2 Å². The third kappa shape index (κ3) is 7.26. The molecule has 1 amide bonds. The van der Waals surface area contributed by atoms with Crippen molar-refractivity contribution in [3.05, 3.63) is 0 Å². The van der Waals surface area contributed by atoms with Gasteiger partial charge < -0.3 is 10.4 Å². The molecular formula is C12H23NO3S. The maximum atomic E-state index is 11.6. The van der Waals surface area contributed by atoms with Crippen LogP contribution >= 0.6 is 11.8 Å². The van der Waals surface area contributed by atoms with Crippen molar-refractivity contribution in [1.82, 2.24) is 5.32 Å². The molecule has 0 aromatic rings. The van der Waals surface area contributed by atoms with Gasteiger partial charge in [-0.3, -0.25) is 9.59 Å². The zero-order valence-electron chi connectivity index (χ0n) is 11.0. The Balaban J connectivity index is 4.01. The molecule has 2 unspecified atom stereocenters. The van der Waals surface area contributed by atoms with Gasteiger partial charge in [0.25, 0.3) is 0 Å². The van der Waals surface area contributed by atoms with Crippen molar-refractivity contribution in [2.45, 2.75) is 51.8 Å². The van der Waals surface area contributed by atoms with E-state index in [4.69, 9.17) is 5.11 Å². The topological polar surface area (TPSA) is 66.4 Å².